The Morgan fingerprint density at radius 1 is 0.256 bits per heavy atom. The van der Waals surface area contributed by atoms with Crippen LogP contribution in [-0.4, -0.2) is 28.7 Å². The van der Waals surface area contributed by atoms with Crippen LogP contribution in [0.4, 0.5) is 0 Å². The van der Waals surface area contributed by atoms with Crippen molar-refractivity contribution < 1.29 is 8.83 Å². The Labute approximate surface area is 490 Å². The summed E-state index contributed by atoms with van der Waals surface area (Å²) in [5.74, 6) is 0. The van der Waals surface area contributed by atoms with Crippen LogP contribution in [0.15, 0.2) is 288 Å². The van der Waals surface area contributed by atoms with Crippen LogP contribution >= 0.6 is 0 Å². The van der Waals surface area contributed by atoms with E-state index in [1.165, 1.54) is 37.9 Å². The molecule has 0 amide bonds. The summed E-state index contributed by atoms with van der Waals surface area (Å²) in [5.41, 5.74) is 20.7. The molecule has 8 heteroatoms. The standard InChI is InChI=1S/C42H25N3O.C36H21N3O/c1-2-8-26(9-3-1)30-15-18-37(43-25-30)29-14-17-34-35(23-29)31-10-4-5-12-33(31)41-42(34)45-21-20-28(24-40(45)44-41)27-16-19-39-36(22-27)32-11-6-7-13-38(32)46-39;1-2-9-27-25(7-1)29-20-24(31-10-5-6-17-37-31)12-14-28(29)36-35(27)38-34-21-23(16-18-39(34)36)22-13-15-33-30(19-22)26-8-3-4-11-32(26)40-33/h1-25H;1-21H. The largest absolute Gasteiger partial charge is 0.456 e. The highest BCUT2D eigenvalue weighted by molar-refractivity contribution is 6.26. The van der Waals surface area contributed by atoms with Crippen LogP contribution in [0.1, 0.15) is 0 Å². The number of nitrogens with zero attached hydrogens (tertiary/aromatic N) is 6. The molecule has 0 unspecified atom stereocenters. The number of aromatic nitrogens is 6. The summed E-state index contributed by atoms with van der Waals surface area (Å²) < 4.78 is 16.6. The molecule has 8 aromatic heterocycles. The van der Waals surface area contributed by atoms with E-state index in [1.807, 2.05) is 54.9 Å². The Hall–Kier alpha value is -11.7. The molecule has 11 aromatic carbocycles. The molecule has 0 bridgehead atoms. The number of benzene rings is 11. The Morgan fingerprint density at radius 3 is 1.20 bits per heavy atom. The Kier molecular flexibility index (Phi) is 10.5. The Balaban J connectivity index is 0.000000131. The molecule has 0 aliphatic rings. The van der Waals surface area contributed by atoms with Crippen molar-refractivity contribution in [2.75, 3.05) is 0 Å². The first-order chi connectivity index (χ1) is 42.6. The third-order valence-electron chi connectivity index (χ3n) is 17.3. The van der Waals surface area contributed by atoms with Crippen molar-refractivity contribution in [3.8, 4) is 55.9 Å². The van der Waals surface area contributed by atoms with Crippen LogP contribution in [0.5, 0.6) is 0 Å². The lowest BCUT2D eigenvalue weighted by Gasteiger charge is -2.10. The molecule has 0 saturated carbocycles. The maximum absolute atomic E-state index is 6.07. The van der Waals surface area contributed by atoms with Gasteiger partial charge in [0.05, 0.1) is 33.5 Å². The fraction of sp³-hybridized carbons (Fsp3) is 0. The average Bonchev–Trinajstić information content (AvgIpc) is 1.86. The molecule has 0 fully saturated rings. The van der Waals surface area contributed by atoms with E-state index in [0.717, 1.165) is 138 Å². The summed E-state index contributed by atoms with van der Waals surface area (Å²) in [6.07, 6.45) is 8.11. The number of fused-ring (bicyclic) bond motifs is 22. The van der Waals surface area contributed by atoms with Gasteiger partial charge in [-0.2, -0.15) is 0 Å². The summed E-state index contributed by atoms with van der Waals surface area (Å²) in [6.45, 7) is 0. The van der Waals surface area contributed by atoms with Gasteiger partial charge in [0.25, 0.3) is 0 Å². The molecule has 19 rings (SSSR count). The molecule has 0 spiro atoms. The fourth-order valence-corrected chi connectivity index (χ4v) is 13.2. The quantitative estimate of drug-likeness (QED) is 0.160. The zero-order valence-corrected chi connectivity index (χ0v) is 46.1. The predicted octanol–water partition coefficient (Wildman–Crippen LogP) is 20.5. The van der Waals surface area contributed by atoms with Crippen LogP contribution in [0.3, 0.4) is 0 Å². The zero-order chi connectivity index (χ0) is 56.4. The van der Waals surface area contributed by atoms with Gasteiger partial charge in [0.1, 0.15) is 33.6 Å². The smallest absolute Gasteiger partial charge is 0.138 e. The minimum Gasteiger partial charge on any atom is -0.456 e. The number of rotatable bonds is 5. The Morgan fingerprint density at radius 2 is 0.686 bits per heavy atom. The summed E-state index contributed by atoms with van der Waals surface area (Å²) in [7, 11) is 0. The van der Waals surface area contributed by atoms with Crippen LogP contribution in [0, 0.1) is 0 Å². The van der Waals surface area contributed by atoms with E-state index >= 15 is 0 Å². The third-order valence-corrected chi connectivity index (χ3v) is 17.3. The van der Waals surface area contributed by atoms with Gasteiger partial charge in [-0.15, -0.1) is 0 Å². The normalized spacial score (nSPS) is 12.0. The van der Waals surface area contributed by atoms with Crippen molar-refractivity contribution in [2.24, 2.45) is 0 Å². The van der Waals surface area contributed by atoms with Crippen molar-refractivity contribution in [3.05, 3.63) is 280 Å². The first-order valence-corrected chi connectivity index (χ1v) is 28.9. The molecule has 0 aliphatic heterocycles. The summed E-state index contributed by atoms with van der Waals surface area (Å²) >= 11 is 0. The minimum absolute atomic E-state index is 0.900. The Bertz CT molecular complexity index is 5960. The van der Waals surface area contributed by atoms with Gasteiger partial charge in [0.15, 0.2) is 0 Å². The van der Waals surface area contributed by atoms with Gasteiger partial charge < -0.3 is 8.83 Å². The van der Waals surface area contributed by atoms with Crippen molar-refractivity contribution in [1.29, 1.82) is 0 Å². The van der Waals surface area contributed by atoms with Crippen molar-refractivity contribution in [2.45, 2.75) is 0 Å². The van der Waals surface area contributed by atoms with Crippen molar-refractivity contribution in [1.82, 2.24) is 28.7 Å². The van der Waals surface area contributed by atoms with E-state index in [2.05, 4.69) is 239 Å². The lowest BCUT2D eigenvalue weighted by molar-refractivity contribution is 0.668. The molecular formula is C78H46N6O2. The van der Waals surface area contributed by atoms with Gasteiger partial charge in [0.2, 0.25) is 0 Å². The van der Waals surface area contributed by atoms with E-state index in [1.54, 1.807) is 0 Å². The van der Waals surface area contributed by atoms with E-state index in [0.29, 0.717) is 0 Å². The van der Waals surface area contributed by atoms with Gasteiger partial charge >= 0.3 is 0 Å². The van der Waals surface area contributed by atoms with E-state index in [-0.39, 0.29) is 0 Å². The van der Waals surface area contributed by atoms with Crippen LogP contribution in [0.2, 0.25) is 0 Å². The molecule has 8 nitrogen and oxygen atoms in total. The first kappa shape index (κ1) is 47.9. The van der Waals surface area contributed by atoms with Crippen LogP contribution in [-0.2, 0) is 0 Å². The van der Waals surface area contributed by atoms with Crippen molar-refractivity contribution >= 4 is 120 Å². The molecule has 0 radical (unpaired) electrons. The topological polar surface area (TPSA) is 86.7 Å². The lowest BCUT2D eigenvalue weighted by atomic mass is 9.97. The van der Waals surface area contributed by atoms with Gasteiger partial charge in [0, 0.05) is 84.6 Å². The zero-order valence-electron chi connectivity index (χ0n) is 46.1. The molecule has 8 heterocycles. The average molecular weight is 1100 g/mol. The van der Waals surface area contributed by atoms with Crippen LogP contribution in [0.25, 0.3) is 176 Å². The second-order valence-electron chi connectivity index (χ2n) is 22.1. The highest BCUT2D eigenvalue weighted by atomic mass is 16.3. The fourth-order valence-electron chi connectivity index (χ4n) is 13.2. The number of imidazole rings is 2. The molecule has 0 saturated heterocycles. The maximum atomic E-state index is 6.07. The molecule has 19 aromatic rings. The van der Waals surface area contributed by atoms with Gasteiger partial charge in [-0.3, -0.25) is 18.8 Å². The van der Waals surface area contributed by atoms with E-state index in [4.69, 9.17) is 23.8 Å². The van der Waals surface area contributed by atoms with E-state index < -0.39 is 0 Å². The number of para-hydroxylation sites is 2. The highest BCUT2D eigenvalue weighted by Crippen LogP contribution is 2.42. The van der Waals surface area contributed by atoms with Crippen LogP contribution < -0.4 is 0 Å². The van der Waals surface area contributed by atoms with Gasteiger partial charge in [-0.05, 0) is 140 Å². The number of pyridine rings is 4. The molecular weight excluding hydrogens is 1050 g/mol. The number of furan rings is 2. The monoisotopic (exact) mass is 1100 g/mol. The second kappa shape index (κ2) is 18.9. The SMILES string of the molecule is c1ccc(-c2ccc(-c3ccc4c(c3)c3ccccc3c3nc5cc(-c6ccc7oc8ccccc8c7c6)ccn5c43)nc2)cc1.c1ccc(-c2ccc3c(c2)c2ccccc2c2nc4cc(-c5ccc6oc7ccccc7c6c5)ccn4c32)nc1. The predicted molar refractivity (Wildman–Crippen MR) is 353 cm³/mol. The lowest BCUT2D eigenvalue weighted by Crippen LogP contribution is -1.89. The molecule has 0 aliphatic carbocycles. The number of hydrogen-bond donors (Lipinski definition) is 0. The highest BCUT2D eigenvalue weighted by Gasteiger charge is 2.19. The second-order valence-corrected chi connectivity index (χ2v) is 22.1. The number of hydrogen-bond acceptors (Lipinski definition) is 6. The molecule has 0 N–H and O–H groups in total. The first-order valence-electron chi connectivity index (χ1n) is 28.9. The maximum Gasteiger partial charge on any atom is 0.138 e. The minimum atomic E-state index is 0.900. The summed E-state index contributed by atoms with van der Waals surface area (Å²) in [4.78, 5) is 19.9. The van der Waals surface area contributed by atoms with Gasteiger partial charge in [-0.25, -0.2) is 9.97 Å². The van der Waals surface area contributed by atoms with Crippen molar-refractivity contribution in [3.63, 3.8) is 0 Å². The molecule has 400 valence electrons. The van der Waals surface area contributed by atoms with E-state index in [9.17, 15) is 0 Å². The van der Waals surface area contributed by atoms with Gasteiger partial charge in [-0.1, -0.05) is 164 Å². The summed E-state index contributed by atoms with van der Waals surface area (Å²) in [5, 5.41) is 13.9. The summed E-state index contributed by atoms with van der Waals surface area (Å²) in [6, 6.07) is 89.2. The molecule has 86 heavy (non-hydrogen) atoms. The third kappa shape index (κ3) is 7.56. The molecule has 0 atom stereocenters.